The van der Waals surface area contributed by atoms with Gasteiger partial charge in [-0.1, -0.05) is 38.8 Å². The lowest BCUT2D eigenvalue weighted by Gasteiger charge is -2.46. The summed E-state index contributed by atoms with van der Waals surface area (Å²) < 4.78 is 0. The average molecular weight is 224 g/mol. The van der Waals surface area contributed by atoms with E-state index in [2.05, 4.69) is 32.7 Å². The van der Waals surface area contributed by atoms with Crippen LogP contribution in [0.4, 0.5) is 0 Å². The predicted octanol–water partition coefficient (Wildman–Crippen LogP) is 2.70. The zero-order valence-corrected chi connectivity index (χ0v) is 11.2. The fourth-order valence-corrected chi connectivity index (χ4v) is 3.11. The van der Waals surface area contributed by atoms with E-state index in [0.29, 0.717) is 11.8 Å². The molecule has 2 heteroatoms. The minimum atomic E-state index is 0.158. The third kappa shape index (κ3) is 3.08. The Balaban J connectivity index is 2.75. The molecule has 0 saturated heterocycles. The second-order valence-corrected chi connectivity index (χ2v) is 5.77. The molecule has 0 aliphatic heterocycles. The lowest BCUT2D eigenvalue weighted by molar-refractivity contribution is 0.112. The lowest BCUT2D eigenvalue weighted by Crippen LogP contribution is -2.59. The van der Waals surface area contributed by atoms with Crippen LogP contribution in [0.1, 0.15) is 46.5 Å². The molecule has 16 heavy (non-hydrogen) atoms. The largest absolute Gasteiger partial charge is 0.329 e. The molecule has 0 heterocycles. The van der Waals surface area contributed by atoms with E-state index in [-0.39, 0.29) is 5.54 Å². The predicted molar refractivity (Wildman–Crippen MR) is 71.4 cm³/mol. The van der Waals surface area contributed by atoms with Gasteiger partial charge in [0.25, 0.3) is 0 Å². The molecule has 2 atom stereocenters. The summed E-state index contributed by atoms with van der Waals surface area (Å²) in [6.07, 6.45) is 5.21. The molecule has 0 spiro atoms. The highest BCUT2D eigenvalue weighted by atomic mass is 15.0. The number of nitrogens with one attached hydrogen (secondary N) is 1. The Labute approximate surface area is 101 Å². The van der Waals surface area contributed by atoms with Crippen molar-refractivity contribution in [1.82, 2.24) is 5.32 Å². The van der Waals surface area contributed by atoms with Gasteiger partial charge in [0.1, 0.15) is 0 Å². The van der Waals surface area contributed by atoms with Gasteiger partial charge in [-0.3, -0.25) is 0 Å². The summed E-state index contributed by atoms with van der Waals surface area (Å²) >= 11 is 0. The SMILES string of the molecule is C=C(C)CNC1(CN)CCCCC1C(C)C. The van der Waals surface area contributed by atoms with Crippen LogP contribution in [-0.4, -0.2) is 18.6 Å². The van der Waals surface area contributed by atoms with E-state index in [1.807, 2.05) is 0 Å². The van der Waals surface area contributed by atoms with E-state index in [1.165, 1.54) is 31.3 Å². The first-order valence-corrected chi connectivity index (χ1v) is 6.61. The molecule has 1 aliphatic carbocycles. The van der Waals surface area contributed by atoms with Gasteiger partial charge >= 0.3 is 0 Å². The van der Waals surface area contributed by atoms with Crippen molar-refractivity contribution in [3.63, 3.8) is 0 Å². The van der Waals surface area contributed by atoms with Crippen LogP contribution in [0.25, 0.3) is 0 Å². The van der Waals surface area contributed by atoms with Gasteiger partial charge in [-0.15, -0.1) is 0 Å². The maximum atomic E-state index is 6.06. The van der Waals surface area contributed by atoms with Crippen LogP contribution in [0.15, 0.2) is 12.2 Å². The van der Waals surface area contributed by atoms with Crippen molar-refractivity contribution in [3.05, 3.63) is 12.2 Å². The average Bonchev–Trinajstić information content (AvgIpc) is 2.26. The Morgan fingerprint density at radius 2 is 2.19 bits per heavy atom. The van der Waals surface area contributed by atoms with Gasteiger partial charge in [-0.25, -0.2) is 0 Å². The van der Waals surface area contributed by atoms with Gasteiger partial charge in [-0.05, 0) is 31.6 Å². The summed E-state index contributed by atoms with van der Waals surface area (Å²) in [6.45, 7) is 12.3. The van der Waals surface area contributed by atoms with E-state index in [0.717, 1.165) is 13.1 Å². The van der Waals surface area contributed by atoms with E-state index < -0.39 is 0 Å². The number of rotatable bonds is 5. The summed E-state index contributed by atoms with van der Waals surface area (Å²) in [5.41, 5.74) is 7.41. The monoisotopic (exact) mass is 224 g/mol. The van der Waals surface area contributed by atoms with Crippen molar-refractivity contribution in [3.8, 4) is 0 Å². The van der Waals surface area contributed by atoms with Crippen LogP contribution in [0.5, 0.6) is 0 Å². The molecule has 94 valence electrons. The summed E-state index contributed by atoms with van der Waals surface area (Å²) in [5.74, 6) is 1.42. The van der Waals surface area contributed by atoms with E-state index in [1.54, 1.807) is 0 Å². The molecule has 3 N–H and O–H groups in total. The Morgan fingerprint density at radius 1 is 1.50 bits per heavy atom. The first-order chi connectivity index (χ1) is 7.52. The highest BCUT2D eigenvalue weighted by Gasteiger charge is 2.40. The molecule has 0 aromatic rings. The number of hydrogen-bond donors (Lipinski definition) is 2. The van der Waals surface area contributed by atoms with Gasteiger partial charge < -0.3 is 11.1 Å². The highest BCUT2D eigenvalue weighted by Crippen LogP contribution is 2.37. The normalized spacial score (nSPS) is 30.7. The Morgan fingerprint density at radius 3 is 2.69 bits per heavy atom. The molecular formula is C14H28N2. The Kier molecular flexibility index (Phi) is 5.00. The van der Waals surface area contributed by atoms with Gasteiger partial charge in [0.15, 0.2) is 0 Å². The first-order valence-electron chi connectivity index (χ1n) is 6.61. The van der Waals surface area contributed by atoms with Gasteiger partial charge in [-0.2, -0.15) is 0 Å². The molecule has 0 radical (unpaired) electrons. The van der Waals surface area contributed by atoms with E-state index in [9.17, 15) is 0 Å². The third-order valence-electron chi connectivity index (χ3n) is 4.01. The minimum absolute atomic E-state index is 0.158. The van der Waals surface area contributed by atoms with Crippen molar-refractivity contribution in [1.29, 1.82) is 0 Å². The third-order valence-corrected chi connectivity index (χ3v) is 4.01. The standard InChI is InChI=1S/C14H28N2/c1-11(2)9-16-14(10-15)8-6-5-7-13(14)12(3)4/h12-13,16H,1,5-10,15H2,2-4H3. The second kappa shape index (κ2) is 5.83. The molecule has 2 nitrogen and oxygen atoms in total. The molecule has 0 amide bonds. The molecule has 2 unspecified atom stereocenters. The van der Waals surface area contributed by atoms with Gasteiger partial charge in [0.05, 0.1) is 0 Å². The van der Waals surface area contributed by atoms with Crippen molar-refractivity contribution < 1.29 is 0 Å². The first kappa shape index (κ1) is 13.7. The highest BCUT2D eigenvalue weighted by molar-refractivity contribution is 5.03. The van der Waals surface area contributed by atoms with E-state index in [4.69, 9.17) is 5.73 Å². The van der Waals surface area contributed by atoms with Crippen LogP contribution in [0.3, 0.4) is 0 Å². The Hall–Kier alpha value is -0.340. The quantitative estimate of drug-likeness (QED) is 0.705. The molecule has 1 saturated carbocycles. The zero-order valence-electron chi connectivity index (χ0n) is 11.2. The molecular weight excluding hydrogens is 196 g/mol. The van der Waals surface area contributed by atoms with Gasteiger partial charge in [0, 0.05) is 18.6 Å². The summed E-state index contributed by atoms with van der Waals surface area (Å²) in [4.78, 5) is 0. The summed E-state index contributed by atoms with van der Waals surface area (Å²) in [6, 6.07) is 0. The van der Waals surface area contributed by atoms with E-state index >= 15 is 0 Å². The van der Waals surface area contributed by atoms with Crippen LogP contribution in [0, 0.1) is 11.8 Å². The van der Waals surface area contributed by atoms with Crippen molar-refractivity contribution in [2.75, 3.05) is 13.1 Å². The van der Waals surface area contributed by atoms with Crippen LogP contribution >= 0.6 is 0 Å². The maximum Gasteiger partial charge on any atom is 0.0337 e. The Bertz CT molecular complexity index is 235. The minimum Gasteiger partial charge on any atom is -0.329 e. The summed E-state index contributed by atoms with van der Waals surface area (Å²) in [5, 5.41) is 3.69. The smallest absolute Gasteiger partial charge is 0.0337 e. The topological polar surface area (TPSA) is 38.0 Å². The van der Waals surface area contributed by atoms with Crippen LogP contribution in [0.2, 0.25) is 0 Å². The molecule has 0 aromatic carbocycles. The molecule has 1 rings (SSSR count). The number of hydrogen-bond acceptors (Lipinski definition) is 2. The zero-order chi connectivity index (χ0) is 12.2. The fraction of sp³-hybridized carbons (Fsp3) is 0.857. The summed E-state index contributed by atoms with van der Waals surface area (Å²) in [7, 11) is 0. The van der Waals surface area contributed by atoms with Crippen molar-refractivity contribution >= 4 is 0 Å². The lowest BCUT2D eigenvalue weighted by atomic mass is 9.68. The molecule has 0 bridgehead atoms. The van der Waals surface area contributed by atoms with Crippen molar-refractivity contribution in [2.45, 2.75) is 52.0 Å². The fourth-order valence-electron chi connectivity index (χ4n) is 3.11. The molecule has 1 fully saturated rings. The molecule has 1 aliphatic rings. The molecule has 0 aromatic heterocycles. The number of nitrogens with two attached hydrogens (primary N) is 1. The van der Waals surface area contributed by atoms with Crippen molar-refractivity contribution in [2.24, 2.45) is 17.6 Å². The second-order valence-electron chi connectivity index (χ2n) is 5.77. The van der Waals surface area contributed by atoms with Crippen LogP contribution < -0.4 is 11.1 Å². The van der Waals surface area contributed by atoms with Gasteiger partial charge in [0.2, 0.25) is 0 Å². The van der Waals surface area contributed by atoms with Crippen LogP contribution in [-0.2, 0) is 0 Å². The maximum absolute atomic E-state index is 6.06.